The SMILES string of the molecule is CCCCOC[C@H]1O[C@@H](C(C)C)[C@H](OCCCC)[C@@H]1OCCCC. The molecule has 0 unspecified atom stereocenters. The summed E-state index contributed by atoms with van der Waals surface area (Å²) >= 11 is 0. The number of hydrogen-bond donors (Lipinski definition) is 0. The summed E-state index contributed by atoms with van der Waals surface area (Å²) in [5, 5.41) is 0. The van der Waals surface area contributed by atoms with Gasteiger partial charge in [-0.05, 0) is 25.2 Å². The lowest BCUT2D eigenvalue weighted by atomic mass is 9.99. The largest absolute Gasteiger partial charge is 0.379 e. The van der Waals surface area contributed by atoms with Crippen LogP contribution in [0, 0.1) is 5.92 Å². The van der Waals surface area contributed by atoms with Crippen LogP contribution >= 0.6 is 0 Å². The van der Waals surface area contributed by atoms with Gasteiger partial charge in [0.05, 0.1) is 12.7 Å². The molecule has 1 saturated heterocycles. The maximum absolute atomic E-state index is 6.31. The molecule has 1 aliphatic heterocycles. The normalized spacial score (nSPS) is 27.2. The molecule has 0 aromatic heterocycles. The summed E-state index contributed by atoms with van der Waals surface area (Å²) < 4.78 is 24.6. The third-order valence-electron chi connectivity index (χ3n) is 4.54. The first-order chi connectivity index (χ1) is 11.7. The van der Waals surface area contributed by atoms with E-state index in [2.05, 4.69) is 34.6 Å². The van der Waals surface area contributed by atoms with Crippen molar-refractivity contribution in [3.05, 3.63) is 0 Å². The van der Waals surface area contributed by atoms with Crippen molar-refractivity contribution in [2.24, 2.45) is 5.92 Å². The smallest absolute Gasteiger partial charge is 0.115 e. The highest BCUT2D eigenvalue weighted by atomic mass is 16.6. The average molecular weight is 345 g/mol. The topological polar surface area (TPSA) is 36.9 Å². The number of ether oxygens (including phenoxy) is 4. The van der Waals surface area contributed by atoms with Crippen molar-refractivity contribution in [1.29, 1.82) is 0 Å². The monoisotopic (exact) mass is 344 g/mol. The summed E-state index contributed by atoms with van der Waals surface area (Å²) in [5.74, 6) is 0.412. The molecular formula is C20H40O4. The summed E-state index contributed by atoms with van der Waals surface area (Å²) in [6.45, 7) is 13.9. The lowest BCUT2D eigenvalue weighted by Crippen LogP contribution is -2.40. The zero-order valence-corrected chi connectivity index (χ0v) is 16.6. The Labute approximate surface area is 149 Å². The van der Waals surface area contributed by atoms with Crippen LogP contribution in [0.4, 0.5) is 0 Å². The number of rotatable bonds is 14. The van der Waals surface area contributed by atoms with Crippen LogP contribution in [0.2, 0.25) is 0 Å². The average Bonchev–Trinajstić information content (AvgIpc) is 2.90. The van der Waals surface area contributed by atoms with E-state index >= 15 is 0 Å². The quantitative estimate of drug-likeness (QED) is 0.432. The minimum atomic E-state index is -0.0160. The molecule has 1 rings (SSSR count). The van der Waals surface area contributed by atoms with Gasteiger partial charge in [-0.3, -0.25) is 0 Å². The Morgan fingerprint density at radius 2 is 1.33 bits per heavy atom. The standard InChI is InChI=1S/C20H40O4/c1-6-9-12-21-15-17-19(22-13-10-7-2)20(23-14-11-8-3)18(24-17)16(4)5/h16-20H,6-15H2,1-5H3/t17-,18+,19-,20+/m1/s1. The molecule has 24 heavy (non-hydrogen) atoms. The zero-order valence-electron chi connectivity index (χ0n) is 16.6. The zero-order chi connectivity index (χ0) is 17.8. The lowest BCUT2D eigenvalue weighted by Gasteiger charge is -2.26. The summed E-state index contributed by atoms with van der Waals surface area (Å²) in [4.78, 5) is 0. The predicted octanol–water partition coefficient (Wildman–Crippen LogP) is 4.60. The maximum Gasteiger partial charge on any atom is 0.115 e. The van der Waals surface area contributed by atoms with E-state index in [0.29, 0.717) is 12.5 Å². The molecule has 0 aromatic rings. The third kappa shape index (κ3) is 7.38. The highest BCUT2D eigenvalue weighted by molar-refractivity contribution is 4.94. The fourth-order valence-corrected chi connectivity index (χ4v) is 2.99. The van der Waals surface area contributed by atoms with Gasteiger partial charge >= 0.3 is 0 Å². The Kier molecular flexibility index (Phi) is 11.9. The molecule has 0 aromatic carbocycles. The first-order valence-corrected chi connectivity index (χ1v) is 10.1. The van der Waals surface area contributed by atoms with Gasteiger partial charge in [-0.15, -0.1) is 0 Å². The molecule has 0 radical (unpaired) electrons. The van der Waals surface area contributed by atoms with Crippen LogP contribution in [0.1, 0.15) is 73.1 Å². The molecule has 4 atom stereocenters. The van der Waals surface area contributed by atoms with Crippen LogP contribution in [-0.2, 0) is 18.9 Å². The summed E-state index contributed by atoms with van der Waals surface area (Å²) in [7, 11) is 0. The fourth-order valence-electron chi connectivity index (χ4n) is 2.99. The molecule has 0 saturated carbocycles. The van der Waals surface area contributed by atoms with Crippen molar-refractivity contribution < 1.29 is 18.9 Å². The third-order valence-corrected chi connectivity index (χ3v) is 4.54. The van der Waals surface area contributed by atoms with Gasteiger partial charge in [-0.1, -0.05) is 53.9 Å². The van der Waals surface area contributed by atoms with Gasteiger partial charge in [0.15, 0.2) is 0 Å². The van der Waals surface area contributed by atoms with Crippen LogP contribution in [0.5, 0.6) is 0 Å². The van der Waals surface area contributed by atoms with Gasteiger partial charge in [-0.25, -0.2) is 0 Å². The molecule has 4 nitrogen and oxygen atoms in total. The van der Waals surface area contributed by atoms with Crippen LogP contribution < -0.4 is 0 Å². The van der Waals surface area contributed by atoms with Crippen LogP contribution in [0.25, 0.3) is 0 Å². The molecule has 4 heteroatoms. The number of unbranched alkanes of at least 4 members (excludes halogenated alkanes) is 3. The summed E-state index contributed by atoms with van der Waals surface area (Å²) in [6.07, 6.45) is 6.78. The van der Waals surface area contributed by atoms with Gasteiger partial charge < -0.3 is 18.9 Å². The van der Waals surface area contributed by atoms with E-state index in [-0.39, 0.29) is 24.4 Å². The molecule has 1 aliphatic rings. The molecule has 1 fully saturated rings. The van der Waals surface area contributed by atoms with Crippen molar-refractivity contribution in [3.8, 4) is 0 Å². The molecule has 0 N–H and O–H groups in total. The van der Waals surface area contributed by atoms with E-state index in [1.807, 2.05) is 0 Å². The first kappa shape index (κ1) is 21.9. The van der Waals surface area contributed by atoms with E-state index in [1.54, 1.807) is 0 Å². The van der Waals surface area contributed by atoms with Crippen molar-refractivity contribution in [2.45, 2.75) is 97.6 Å². The fraction of sp³-hybridized carbons (Fsp3) is 1.00. The second-order valence-electron chi connectivity index (χ2n) is 7.19. The van der Waals surface area contributed by atoms with Gasteiger partial charge in [0.25, 0.3) is 0 Å². The van der Waals surface area contributed by atoms with Crippen molar-refractivity contribution in [1.82, 2.24) is 0 Å². The van der Waals surface area contributed by atoms with Crippen molar-refractivity contribution >= 4 is 0 Å². The minimum absolute atomic E-state index is 0.0116. The lowest BCUT2D eigenvalue weighted by molar-refractivity contribution is -0.0796. The molecule has 0 spiro atoms. The summed E-state index contributed by atoms with van der Waals surface area (Å²) in [6, 6.07) is 0. The van der Waals surface area contributed by atoms with E-state index in [0.717, 1.165) is 58.3 Å². The molecule has 0 bridgehead atoms. The molecule has 1 heterocycles. The van der Waals surface area contributed by atoms with Gasteiger partial charge in [-0.2, -0.15) is 0 Å². The van der Waals surface area contributed by atoms with E-state index in [1.165, 1.54) is 0 Å². The highest BCUT2D eigenvalue weighted by Gasteiger charge is 2.47. The minimum Gasteiger partial charge on any atom is -0.379 e. The van der Waals surface area contributed by atoms with E-state index < -0.39 is 0 Å². The Morgan fingerprint density at radius 1 is 0.792 bits per heavy atom. The number of hydrogen-bond acceptors (Lipinski definition) is 4. The van der Waals surface area contributed by atoms with Gasteiger partial charge in [0.1, 0.15) is 18.3 Å². The Bertz CT molecular complexity index is 295. The molecular weight excluding hydrogens is 304 g/mol. The Morgan fingerprint density at radius 3 is 1.88 bits per heavy atom. The van der Waals surface area contributed by atoms with E-state index in [9.17, 15) is 0 Å². The first-order valence-electron chi connectivity index (χ1n) is 10.1. The second kappa shape index (κ2) is 13.1. The summed E-state index contributed by atoms with van der Waals surface area (Å²) in [5.41, 5.74) is 0. The molecule has 0 amide bonds. The predicted molar refractivity (Wildman–Crippen MR) is 98.5 cm³/mol. The van der Waals surface area contributed by atoms with Crippen LogP contribution in [-0.4, -0.2) is 50.8 Å². The van der Waals surface area contributed by atoms with Gasteiger partial charge in [0.2, 0.25) is 0 Å². The van der Waals surface area contributed by atoms with Crippen LogP contribution in [0.3, 0.4) is 0 Å². The maximum atomic E-state index is 6.31. The van der Waals surface area contributed by atoms with E-state index in [4.69, 9.17) is 18.9 Å². The van der Waals surface area contributed by atoms with Crippen molar-refractivity contribution in [3.63, 3.8) is 0 Å². The Balaban J connectivity index is 2.67. The van der Waals surface area contributed by atoms with Crippen LogP contribution in [0.15, 0.2) is 0 Å². The van der Waals surface area contributed by atoms with Gasteiger partial charge in [0, 0.05) is 19.8 Å². The second-order valence-corrected chi connectivity index (χ2v) is 7.19. The van der Waals surface area contributed by atoms with Crippen molar-refractivity contribution in [2.75, 3.05) is 26.4 Å². The Hall–Kier alpha value is -0.160. The molecule has 0 aliphatic carbocycles. The highest BCUT2D eigenvalue weighted by Crippen LogP contribution is 2.31. The molecule has 144 valence electrons.